The second kappa shape index (κ2) is 5.32. The van der Waals surface area contributed by atoms with Crippen LogP contribution in [0.2, 0.25) is 0 Å². The van der Waals surface area contributed by atoms with Crippen LogP contribution >= 0.6 is 0 Å². The van der Waals surface area contributed by atoms with Crippen molar-refractivity contribution in [2.45, 2.75) is 0 Å². The molecule has 6 aromatic rings. The van der Waals surface area contributed by atoms with Gasteiger partial charge in [-0.15, -0.1) is 0 Å². The van der Waals surface area contributed by atoms with Crippen molar-refractivity contribution < 1.29 is 4.42 Å². The summed E-state index contributed by atoms with van der Waals surface area (Å²) in [6, 6.07) is 20.4. The van der Waals surface area contributed by atoms with E-state index in [1.165, 1.54) is 0 Å². The van der Waals surface area contributed by atoms with E-state index in [-0.39, 0.29) is 0 Å². The van der Waals surface area contributed by atoms with Crippen molar-refractivity contribution in [1.29, 1.82) is 0 Å². The van der Waals surface area contributed by atoms with Gasteiger partial charge in [0.1, 0.15) is 16.9 Å². The van der Waals surface area contributed by atoms with Gasteiger partial charge in [-0.05, 0) is 24.3 Å². The normalized spacial score (nSPS) is 11.7. The lowest BCUT2D eigenvalue weighted by Crippen LogP contribution is -1.83. The lowest BCUT2D eigenvalue weighted by molar-refractivity contribution is 0.670. The predicted molar refractivity (Wildman–Crippen MR) is 106 cm³/mol. The second-order valence-corrected chi connectivity index (χ2v) is 6.56. The summed E-state index contributed by atoms with van der Waals surface area (Å²) in [7, 11) is 0. The van der Waals surface area contributed by atoms with Gasteiger partial charge in [0.25, 0.3) is 0 Å². The maximum atomic E-state index is 6.18. The van der Waals surface area contributed by atoms with Gasteiger partial charge < -0.3 is 9.40 Å². The van der Waals surface area contributed by atoms with Gasteiger partial charge in [0.15, 0.2) is 5.65 Å². The highest BCUT2D eigenvalue weighted by Crippen LogP contribution is 2.36. The predicted octanol–water partition coefficient (Wildman–Crippen LogP) is 5.52. The molecule has 27 heavy (non-hydrogen) atoms. The van der Waals surface area contributed by atoms with Crippen molar-refractivity contribution in [3.63, 3.8) is 0 Å². The third-order valence-corrected chi connectivity index (χ3v) is 4.98. The summed E-state index contributed by atoms with van der Waals surface area (Å²) < 4.78 is 6.18. The third kappa shape index (κ3) is 2.05. The van der Waals surface area contributed by atoms with Crippen LogP contribution in [0.3, 0.4) is 0 Å². The molecule has 0 amide bonds. The highest BCUT2D eigenvalue weighted by atomic mass is 16.3. The van der Waals surface area contributed by atoms with Crippen LogP contribution in [-0.4, -0.2) is 20.2 Å². The molecule has 5 heteroatoms. The molecule has 0 fully saturated rings. The zero-order valence-electron chi connectivity index (χ0n) is 14.2. The molecule has 0 aliphatic heterocycles. The smallest absolute Gasteiger partial charge is 0.155 e. The molecule has 0 atom stereocenters. The molecule has 2 N–H and O–H groups in total. The Bertz CT molecular complexity index is 1420. The third-order valence-electron chi connectivity index (χ3n) is 4.98. The molecule has 0 bridgehead atoms. The van der Waals surface area contributed by atoms with Gasteiger partial charge in [-0.2, -0.15) is 5.10 Å². The van der Waals surface area contributed by atoms with E-state index < -0.39 is 0 Å². The van der Waals surface area contributed by atoms with E-state index in [9.17, 15) is 0 Å². The molecule has 5 nitrogen and oxygen atoms in total. The summed E-state index contributed by atoms with van der Waals surface area (Å²) in [5.41, 5.74) is 6.38. The number of hydrogen-bond donors (Lipinski definition) is 2. The number of benzene rings is 2. The maximum Gasteiger partial charge on any atom is 0.155 e. The average molecular weight is 350 g/mol. The van der Waals surface area contributed by atoms with Gasteiger partial charge in [-0.1, -0.05) is 36.4 Å². The van der Waals surface area contributed by atoms with Crippen LogP contribution in [0.25, 0.3) is 55.5 Å². The fraction of sp³-hybridized carbons (Fsp3) is 0. The molecule has 2 aromatic carbocycles. The van der Waals surface area contributed by atoms with Crippen LogP contribution < -0.4 is 0 Å². The van der Waals surface area contributed by atoms with Gasteiger partial charge in [-0.3, -0.25) is 5.10 Å². The minimum absolute atomic E-state index is 0.764. The Kier molecular flexibility index (Phi) is 2.82. The zero-order chi connectivity index (χ0) is 17.8. The van der Waals surface area contributed by atoms with Crippen LogP contribution in [0.5, 0.6) is 0 Å². The minimum Gasteiger partial charge on any atom is -0.455 e. The molecule has 0 saturated carbocycles. The topological polar surface area (TPSA) is 70.5 Å². The Balaban J connectivity index is 1.63. The van der Waals surface area contributed by atoms with E-state index in [2.05, 4.69) is 50.5 Å². The number of fused-ring (bicyclic) bond motifs is 4. The summed E-state index contributed by atoms with van der Waals surface area (Å²) >= 11 is 0. The summed E-state index contributed by atoms with van der Waals surface area (Å²) in [4.78, 5) is 7.78. The Morgan fingerprint density at radius 1 is 0.852 bits per heavy atom. The highest BCUT2D eigenvalue weighted by molar-refractivity contribution is 6.10. The molecular formula is C22H14N4O. The zero-order valence-corrected chi connectivity index (χ0v) is 14.2. The molecular weight excluding hydrogens is 336 g/mol. The van der Waals surface area contributed by atoms with E-state index in [1.807, 2.05) is 42.7 Å². The fourth-order valence-corrected chi connectivity index (χ4v) is 3.71. The molecule has 0 unspecified atom stereocenters. The Hall–Kier alpha value is -3.86. The van der Waals surface area contributed by atoms with E-state index in [0.717, 1.165) is 55.5 Å². The van der Waals surface area contributed by atoms with Gasteiger partial charge in [0.05, 0.1) is 5.69 Å². The summed E-state index contributed by atoms with van der Waals surface area (Å²) in [6.45, 7) is 0. The molecule has 128 valence electrons. The highest BCUT2D eigenvalue weighted by Gasteiger charge is 2.15. The minimum atomic E-state index is 0.764. The van der Waals surface area contributed by atoms with E-state index in [4.69, 9.17) is 4.42 Å². The first kappa shape index (κ1) is 14.3. The van der Waals surface area contributed by atoms with Crippen molar-refractivity contribution in [1.82, 2.24) is 20.2 Å². The van der Waals surface area contributed by atoms with Crippen molar-refractivity contribution in [2.24, 2.45) is 0 Å². The number of hydrogen-bond acceptors (Lipinski definition) is 3. The number of nitrogens with zero attached hydrogens (tertiary/aromatic N) is 2. The van der Waals surface area contributed by atoms with Crippen molar-refractivity contribution in [3.8, 4) is 22.5 Å². The van der Waals surface area contributed by atoms with Crippen LogP contribution in [0.4, 0.5) is 0 Å². The van der Waals surface area contributed by atoms with Gasteiger partial charge in [0, 0.05) is 39.7 Å². The Morgan fingerprint density at radius 3 is 2.70 bits per heavy atom. The molecule has 6 rings (SSSR count). The Labute approximate surface area is 153 Å². The van der Waals surface area contributed by atoms with E-state index in [1.54, 1.807) is 0 Å². The number of para-hydroxylation sites is 2. The first-order valence-corrected chi connectivity index (χ1v) is 8.77. The maximum absolute atomic E-state index is 6.18. The Morgan fingerprint density at radius 2 is 1.78 bits per heavy atom. The second-order valence-electron chi connectivity index (χ2n) is 6.56. The van der Waals surface area contributed by atoms with Crippen LogP contribution in [0.15, 0.2) is 77.5 Å². The van der Waals surface area contributed by atoms with Crippen LogP contribution in [-0.2, 0) is 0 Å². The lowest BCUT2D eigenvalue weighted by atomic mass is 10.0. The van der Waals surface area contributed by atoms with Crippen molar-refractivity contribution in [3.05, 3.63) is 73.1 Å². The number of aromatic nitrogens is 4. The monoisotopic (exact) mass is 350 g/mol. The van der Waals surface area contributed by atoms with Crippen LogP contribution in [0.1, 0.15) is 0 Å². The molecule has 0 radical (unpaired) electrons. The number of aromatic amines is 2. The van der Waals surface area contributed by atoms with Crippen molar-refractivity contribution >= 4 is 33.0 Å². The van der Waals surface area contributed by atoms with Gasteiger partial charge in [-0.25, -0.2) is 4.98 Å². The molecule has 0 saturated heterocycles. The fourth-order valence-electron chi connectivity index (χ4n) is 3.71. The van der Waals surface area contributed by atoms with Gasteiger partial charge in [0.2, 0.25) is 0 Å². The van der Waals surface area contributed by atoms with Crippen molar-refractivity contribution in [2.75, 3.05) is 0 Å². The molecule has 4 heterocycles. The summed E-state index contributed by atoms with van der Waals surface area (Å²) in [5, 5.41) is 10.6. The summed E-state index contributed by atoms with van der Waals surface area (Å²) in [5.74, 6) is 0. The number of H-pyrrole nitrogens is 2. The quantitative estimate of drug-likeness (QED) is 0.432. The lowest BCUT2D eigenvalue weighted by Gasteiger charge is -2.03. The van der Waals surface area contributed by atoms with Crippen LogP contribution in [0, 0.1) is 0 Å². The standard InChI is InChI=1S/C22H14N4O/c1-2-9-19-15(5-1)16-7-3-6-14(21(16)27-19)13-11-17-20(18-8-4-10-23-18)25-26-22(17)24-12-13/h1-12,23H,(H,24,25,26). The average Bonchev–Trinajstić information content (AvgIpc) is 3.44. The van der Waals surface area contributed by atoms with E-state index >= 15 is 0 Å². The molecule has 4 aromatic heterocycles. The number of nitrogens with one attached hydrogen (secondary N) is 2. The molecule has 0 aliphatic rings. The number of furan rings is 1. The summed E-state index contributed by atoms with van der Waals surface area (Å²) in [6.07, 6.45) is 3.75. The number of rotatable bonds is 2. The SMILES string of the molecule is c1c[nH]c(-c2n[nH]c3ncc(-c4cccc5c4oc4ccccc45)cc23)c1. The largest absolute Gasteiger partial charge is 0.455 e. The van der Waals surface area contributed by atoms with Gasteiger partial charge >= 0.3 is 0 Å². The first-order chi connectivity index (χ1) is 13.4. The molecule has 0 aliphatic carbocycles. The van der Waals surface area contributed by atoms with E-state index in [0.29, 0.717) is 0 Å². The number of pyridine rings is 1. The first-order valence-electron chi connectivity index (χ1n) is 8.77. The molecule has 0 spiro atoms.